The minimum absolute atomic E-state index is 0.223. The fourth-order valence-electron chi connectivity index (χ4n) is 1.42. The highest BCUT2D eigenvalue weighted by atomic mass is 16.5. The highest BCUT2D eigenvalue weighted by Gasteiger charge is 2.11. The Morgan fingerprint density at radius 2 is 1.90 bits per heavy atom. The van der Waals surface area contributed by atoms with Gasteiger partial charge in [0.25, 0.3) is 0 Å². The van der Waals surface area contributed by atoms with Crippen molar-refractivity contribution in [3.8, 4) is 0 Å². The van der Waals surface area contributed by atoms with Gasteiger partial charge in [0.1, 0.15) is 0 Å². The van der Waals surface area contributed by atoms with Gasteiger partial charge in [-0.3, -0.25) is 10.2 Å². The van der Waals surface area contributed by atoms with Crippen LogP contribution in [0.3, 0.4) is 0 Å². The van der Waals surface area contributed by atoms with E-state index < -0.39 is 0 Å². The lowest BCUT2D eigenvalue weighted by atomic mass is 9.96. The molecule has 0 aliphatic rings. The van der Waals surface area contributed by atoms with E-state index in [0.717, 1.165) is 24.3 Å². The standard InChI is InChI=1S/C13H16N2O.C3H8O/c1-3-10(2)13(15-12(14)9-16)11-7-5-4-6-8-11;1-3-4-2/h4-10,14H,3H2,1-2H3;3H2,1-2H3. The van der Waals surface area contributed by atoms with Crippen LogP contribution in [0.1, 0.15) is 32.8 Å². The van der Waals surface area contributed by atoms with Crippen LogP contribution in [0.4, 0.5) is 0 Å². The summed E-state index contributed by atoms with van der Waals surface area (Å²) in [6, 6.07) is 9.68. The molecule has 0 saturated carbocycles. The molecule has 1 rings (SSSR count). The summed E-state index contributed by atoms with van der Waals surface area (Å²) in [6.07, 6.45) is 1.39. The summed E-state index contributed by atoms with van der Waals surface area (Å²) in [7, 11) is 1.68. The van der Waals surface area contributed by atoms with Gasteiger partial charge in [0, 0.05) is 13.7 Å². The van der Waals surface area contributed by atoms with E-state index in [0.29, 0.717) is 6.29 Å². The lowest BCUT2D eigenvalue weighted by Crippen LogP contribution is -2.14. The molecule has 0 aliphatic carbocycles. The summed E-state index contributed by atoms with van der Waals surface area (Å²) >= 11 is 0. The predicted molar refractivity (Wildman–Crippen MR) is 83.8 cm³/mol. The van der Waals surface area contributed by atoms with Crippen molar-refractivity contribution in [2.75, 3.05) is 13.7 Å². The number of hydrogen-bond donors (Lipinski definition) is 1. The Labute approximate surface area is 121 Å². The molecular formula is C16H24N2O2. The van der Waals surface area contributed by atoms with E-state index in [4.69, 9.17) is 5.41 Å². The van der Waals surface area contributed by atoms with Crippen LogP contribution in [-0.4, -0.2) is 31.6 Å². The van der Waals surface area contributed by atoms with Crippen molar-refractivity contribution in [2.45, 2.75) is 27.2 Å². The zero-order chi connectivity index (χ0) is 15.4. The van der Waals surface area contributed by atoms with E-state index in [1.165, 1.54) is 0 Å². The average Bonchev–Trinajstić information content (AvgIpc) is 2.52. The second kappa shape index (κ2) is 11.1. The summed E-state index contributed by atoms with van der Waals surface area (Å²) in [6.45, 7) is 6.89. The van der Waals surface area contributed by atoms with Crippen molar-refractivity contribution in [3.05, 3.63) is 35.9 Å². The van der Waals surface area contributed by atoms with Crippen LogP contribution in [0.5, 0.6) is 0 Å². The molecule has 0 radical (unpaired) electrons. The first-order valence-corrected chi connectivity index (χ1v) is 6.77. The van der Waals surface area contributed by atoms with E-state index in [9.17, 15) is 4.79 Å². The number of methoxy groups -OCH3 is 1. The molecule has 1 atom stereocenters. The highest BCUT2D eigenvalue weighted by Crippen LogP contribution is 2.13. The third-order valence-corrected chi connectivity index (χ3v) is 2.79. The van der Waals surface area contributed by atoms with E-state index in [-0.39, 0.29) is 11.8 Å². The minimum Gasteiger partial charge on any atom is -0.385 e. The summed E-state index contributed by atoms with van der Waals surface area (Å²) in [4.78, 5) is 14.5. The van der Waals surface area contributed by atoms with Gasteiger partial charge in [-0.1, -0.05) is 44.2 Å². The summed E-state index contributed by atoms with van der Waals surface area (Å²) in [5.41, 5.74) is 1.78. The maximum Gasteiger partial charge on any atom is 0.186 e. The maximum absolute atomic E-state index is 10.5. The number of ether oxygens (including phenoxy) is 1. The van der Waals surface area contributed by atoms with Crippen LogP contribution < -0.4 is 0 Å². The van der Waals surface area contributed by atoms with Gasteiger partial charge in [0.05, 0.1) is 5.71 Å². The third kappa shape index (κ3) is 6.95. The van der Waals surface area contributed by atoms with Gasteiger partial charge in [-0.15, -0.1) is 0 Å². The molecule has 0 fully saturated rings. The van der Waals surface area contributed by atoms with Crippen LogP contribution in [0.15, 0.2) is 35.3 Å². The Balaban J connectivity index is 0.000000796. The largest absolute Gasteiger partial charge is 0.385 e. The average molecular weight is 276 g/mol. The SMILES string of the molecule is CCC(C)C(=NC(=N)C=O)c1ccccc1.CCOC. The molecule has 0 aliphatic heterocycles. The van der Waals surface area contributed by atoms with Crippen LogP contribution in [0.25, 0.3) is 0 Å². The zero-order valence-corrected chi connectivity index (χ0v) is 12.7. The molecule has 1 aromatic rings. The van der Waals surface area contributed by atoms with Crippen LogP contribution in [0, 0.1) is 11.3 Å². The van der Waals surface area contributed by atoms with Gasteiger partial charge in [0.2, 0.25) is 0 Å². The van der Waals surface area contributed by atoms with Crippen LogP contribution >= 0.6 is 0 Å². The second-order valence-corrected chi connectivity index (χ2v) is 4.25. The minimum atomic E-state index is -0.223. The van der Waals surface area contributed by atoms with Gasteiger partial charge >= 0.3 is 0 Å². The summed E-state index contributed by atoms with van der Waals surface area (Å²) in [5.74, 6) is 0.0156. The third-order valence-electron chi connectivity index (χ3n) is 2.79. The molecule has 0 saturated heterocycles. The molecular weight excluding hydrogens is 252 g/mol. The number of nitrogens with one attached hydrogen (secondary N) is 1. The molecule has 0 bridgehead atoms. The van der Waals surface area contributed by atoms with Gasteiger partial charge in [0.15, 0.2) is 12.1 Å². The van der Waals surface area contributed by atoms with E-state index >= 15 is 0 Å². The highest BCUT2D eigenvalue weighted by molar-refractivity contribution is 6.29. The normalized spacial score (nSPS) is 12.1. The number of hydrogen-bond acceptors (Lipinski definition) is 3. The molecule has 4 nitrogen and oxygen atoms in total. The maximum atomic E-state index is 10.5. The van der Waals surface area contributed by atoms with Gasteiger partial charge < -0.3 is 4.74 Å². The van der Waals surface area contributed by atoms with Gasteiger partial charge in [-0.05, 0) is 24.8 Å². The number of aldehydes is 1. The van der Waals surface area contributed by atoms with Gasteiger partial charge in [-0.25, -0.2) is 4.99 Å². The molecule has 4 heteroatoms. The van der Waals surface area contributed by atoms with E-state index in [1.54, 1.807) is 7.11 Å². The molecule has 1 aromatic carbocycles. The number of carbonyl (C=O) groups excluding carboxylic acids is 1. The zero-order valence-electron chi connectivity index (χ0n) is 12.7. The summed E-state index contributed by atoms with van der Waals surface area (Å²) < 4.78 is 4.54. The van der Waals surface area contributed by atoms with Crippen molar-refractivity contribution in [3.63, 3.8) is 0 Å². The number of benzene rings is 1. The van der Waals surface area contributed by atoms with Crippen molar-refractivity contribution >= 4 is 17.8 Å². The Kier molecular flexibility index (Phi) is 10.1. The molecule has 1 unspecified atom stereocenters. The molecule has 0 aromatic heterocycles. The number of nitrogens with zero attached hydrogens (tertiary/aromatic N) is 1. The first-order chi connectivity index (χ1) is 9.60. The number of rotatable bonds is 5. The topological polar surface area (TPSA) is 62.5 Å². The summed E-state index contributed by atoms with van der Waals surface area (Å²) in [5, 5.41) is 7.33. The fraction of sp³-hybridized carbons (Fsp3) is 0.438. The molecule has 0 amide bonds. The van der Waals surface area contributed by atoms with Crippen molar-refractivity contribution in [1.29, 1.82) is 5.41 Å². The Morgan fingerprint density at radius 3 is 2.30 bits per heavy atom. The first-order valence-electron chi connectivity index (χ1n) is 6.77. The molecule has 0 spiro atoms. The Bertz CT molecular complexity index is 425. The number of amidine groups is 1. The van der Waals surface area contributed by atoms with Crippen molar-refractivity contribution in [1.82, 2.24) is 0 Å². The molecule has 20 heavy (non-hydrogen) atoms. The lowest BCUT2D eigenvalue weighted by molar-refractivity contribution is -0.102. The fourth-order valence-corrected chi connectivity index (χ4v) is 1.42. The number of carbonyl (C=O) groups is 1. The molecule has 1 N–H and O–H groups in total. The predicted octanol–water partition coefficient (Wildman–Crippen LogP) is 3.35. The van der Waals surface area contributed by atoms with Crippen LogP contribution in [-0.2, 0) is 9.53 Å². The second-order valence-electron chi connectivity index (χ2n) is 4.25. The molecule has 110 valence electrons. The van der Waals surface area contributed by atoms with E-state index in [2.05, 4.69) is 16.7 Å². The number of aliphatic imine (C=N–C) groups is 1. The first kappa shape index (κ1) is 18.2. The smallest absolute Gasteiger partial charge is 0.186 e. The molecule has 0 heterocycles. The Hall–Kier alpha value is -1.81. The van der Waals surface area contributed by atoms with Crippen molar-refractivity contribution < 1.29 is 9.53 Å². The van der Waals surface area contributed by atoms with Gasteiger partial charge in [-0.2, -0.15) is 0 Å². The van der Waals surface area contributed by atoms with Crippen LogP contribution in [0.2, 0.25) is 0 Å². The van der Waals surface area contributed by atoms with Crippen molar-refractivity contribution in [2.24, 2.45) is 10.9 Å². The monoisotopic (exact) mass is 276 g/mol. The van der Waals surface area contributed by atoms with E-state index in [1.807, 2.05) is 44.2 Å². The lowest BCUT2D eigenvalue weighted by Gasteiger charge is -2.12. The quantitative estimate of drug-likeness (QED) is 0.509. The Morgan fingerprint density at radius 1 is 1.35 bits per heavy atom.